The van der Waals surface area contributed by atoms with Gasteiger partial charge in [-0.1, -0.05) is 25.1 Å². The lowest BCUT2D eigenvalue weighted by Gasteiger charge is -2.28. The highest BCUT2D eigenvalue weighted by molar-refractivity contribution is 7.80. The number of hydrogen-bond donors (Lipinski definition) is 1. The second kappa shape index (κ2) is 10.4. The van der Waals surface area contributed by atoms with Crippen LogP contribution in [0.3, 0.4) is 0 Å². The van der Waals surface area contributed by atoms with E-state index in [1.807, 2.05) is 44.3 Å². The van der Waals surface area contributed by atoms with E-state index < -0.39 is 0 Å². The molecule has 0 radical (unpaired) electrons. The molecule has 0 saturated carbocycles. The van der Waals surface area contributed by atoms with Crippen molar-refractivity contribution in [3.05, 3.63) is 107 Å². The van der Waals surface area contributed by atoms with Gasteiger partial charge in [0.25, 0.3) is 0 Å². The maximum atomic E-state index is 5.93. The fourth-order valence-electron chi connectivity index (χ4n) is 5.27. The number of ether oxygens (including phenoxy) is 1. The van der Waals surface area contributed by atoms with E-state index in [-0.39, 0.29) is 18.2 Å². The number of pyridine rings is 1. The number of nitrogens with one attached hydrogen (secondary N) is 1. The molecule has 0 spiro atoms. The van der Waals surface area contributed by atoms with Gasteiger partial charge in [0.15, 0.2) is 5.11 Å². The van der Waals surface area contributed by atoms with Gasteiger partial charge < -0.3 is 19.5 Å². The molecular formula is C31H34N4OS. The van der Waals surface area contributed by atoms with Gasteiger partial charge in [-0.05, 0) is 112 Å². The second-order valence-electron chi connectivity index (χ2n) is 9.84. The first-order valence-electron chi connectivity index (χ1n) is 12.9. The van der Waals surface area contributed by atoms with Crippen LogP contribution in [0.4, 0.5) is 5.69 Å². The molecule has 1 saturated heterocycles. The number of thiocarbonyl (C=S) groups is 1. The third kappa shape index (κ3) is 4.86. The molecule has 0 bridgehead atoms. The third-order valence-electron chi connectivity index (χ3n) is 6.98. The molecule has 1 aliphatic rings. The summed E-state index contributed by atoms with van der Waals surface area (Å²) in [6, 6.07) is 25.2. The first kappa shape index (κ1) is 25.0. The van der Waals surface area contributed by atoms with Gasteiger partial charge in [0, 0.05) is 29.0 Å². The van der Waals surface area contributed by atoms with E-state index in [0.717, 1.165) is 23.6 Å². The summed E-state index contributed by atoms with van der Waals surface area (Å²) >= 11 is 5.93. The minimum Gasteiger partial charge on any atom is -0.491 e. The highest BCUT2D eigenvalue weighted by Crippen LogP contribution is 2.44. The Labute approximate surface area is 225 Å². The van der Waals surface area contributed by atoms with Crippen molar-refractivity contribution in [1.82, 2.24) is 14.9 Å². The molecule has 5 nitrogen and oxygen atoms in total. The van der Waals surface area contributed by atoms with Crippen molar-refractivity contribution in [3.8, 4) is 11.4 Å². The van der Waals surface area contributed by atoms with Crippen LogP contribution in [-0.4, -0.2) is 20.8 Å². The van der Waals surface area contributed by atoms with Crippen molar-refractivity contribution in [3.63, 3.8) is 0 Å². The predicted octanol–water partition coefficient (Wildman–Crippen LogP) is 7.02. The number of aromatic nitrogens is 2. The summed E-state index contributed by atoms with van der Waals surface area (Å²) in [5.74, 6) is 0.850. The summed E-state index contributed by atoms with van der Waals surface area (Å²) in [6.07, 6.45) is 3.00. The summed E-state index contributed by atoms with van der Waals surface area (Å²) in [4.78, 5) is 6.93. The van der Waals surface area contributed by atoms with Gasteiger partial charge in [-0.15, -0.1) is 0 Å². The van der Waals surface area contributed by atoms with Crippen LogP contribution < -0.4 is 15.0 Å². The molecule has 1 aliphatic heterocycles. The quantitative estimate of drug-likeness (QED) is 0.271. The molecular weight excluding hydrogens is 476 g/mol. The summed E-state index contributed by atoms with van der Waals surface area (Å²) in [6.45, 7) is 10.6. The van der Waals surface area contributed by atoms with Crippen LogP contribution in [0, 0.1) is 13.8 Å². The molecule has 2 unspecified atom stereocenters. The molecule has 2 aromatic heterocycles. The molecule has 0 amide bonds. The largest absolute Gasteiger partial charge is 0.491 e. The highest BCUT2D eigenvalue weighted by Gasteiger charge is 2.42. The number of rotatable bonds is 7. The molecule has 1 N–H and O–H groups in total. The van der Waals surface area contributed by atoms with Gasteiger partial charge in [-0.3, -0.25) is 4.98 Å². The number of anilines is 1. The Balaban J connectivity index is 1.61. The van der Waals surface area contributed by atoms with Crippen LogP contribution in [0.5, 0.6) is 5.75 Å². The molecule has 2 atom stereocenters. The molecule has 1 fully saturated rings. The normalized spacial score (nSPS) is 17.4. The van der Waals surface area contributed by atoms with Gasteiger partial charge in [-0.25, -0.2) is 0 Å². The molecule has 3 heterocycles. The van der Waals surface area contributed by atoms with E-state index in [1.54, 1.807) is 0 Å². The second-order valence-corrected chi connectivity index (χ2v) is 10.2. The van der Waals surface area contributed by atoms with E-state index in [9.17, 15) is 0 Å². The van der Waals surface area contributed by atoms with Gasteiger partial charge in [0.2, 0.25) is 0 Å². The van der Waals surface area contributed by atoms with Gasteiger partial charge in [-0.2, -0.15) is 0 Å². The average molecular weight is 511 g/mol. The Morgan fingerprint density at radius 2 is 1.68 bits per heavy atom. The maximum Gasteiger partial charge on any atom is 0.174 e. The van der Waals surface area contributed by atoms with Crippen LogP contribution in [0.25, 0.3) is 5.69 Å². The van der Waals surface area contributed by atoms with Crippen molar-refractivity contribution < 1.29 is 4.74 Å². The monoisotopic (exact) mass is 510 g/mol. The number of benzene rings is 2. The smallest absolute Gasteiger partial charge is 0.174 e. The van der Waals surface area contributed by atoms with Crippen molar-refractivity contribution in [2.75, 3.05) is 4.90 Å². The maximum absolute atomic E-state index is 5.93. The van der Waals surface area contributed by atoms with Crippen molar-refractivity contribution in [2.24, 2.45) is 0 Å². The van der Waals surface area contributed by atoms with Crippen LogP contribution >= 0.6 is 12.2 Å². The minimum absolute atomic E-state index is 0.0610. The topological polar surface area (TPSA) is 42.3 Å². The van der Waals surface area contributed by atoms with Crippen LogP contribution in [0.1, 0.15) is 61.1 Å². The Kier molecular flexibility index (Phi) is 7.02. The zero-order chi connectivity index (χ0) is 26.1. The zero-order valence-electron chi connectivity index (χ0n) is 22.1. The Morgan fingerprint density at radius 1 is 0.973 bits per heavy atom. The zero-order valence-corrected chi connectivity index (χ0v) is 22.9. The lowest BCUT2D eigenvalue weighted by molar-refractivity contribution is 0.242. The van der Waals surface area contributed by atoms with E-state index in [4.69, 9.17) is 21.9 Å². The number of hydrogen-bond acceptors (Lipinski definition) is 3. The Morgan fingerprint density at radius 3 is 2.30 bits per heavy atom. The number of aryl methyl sites for hydroxylation is 2. The number of nitrogens with zero attached hydrogens (tertiary/aromatic N) is 3. The summed E-state index contributed by atoms with van der Waals surface area (Å²) in [5, 5.41) is 4.27. The average Bonchev–Trinajstić information content (AvgIpc) is 3.39. The van der Waals surface area contributed by atoms with Gasteiger partial charge in [0.1, 0.15) is 5.75 Å². The summed E-state index contributed by atoms with van der Waals surface area (Å²) in [5.41, 5.74) is 8.11. The Bertz CT molecular complexity index is 1380. The minimum atomic E-state index is -0.0864. The third-order valence-corrected chi connectivity index (χ3v) is 7.29. The van der Waals surface area contributed by atoms with Crippen molar-refractivity contribution >= 4 is 23.0 Å². The first-order chi connectivity index (χ1) is 17.9. The van der Waals surface area contributed by atoms with Crippen LogP contribution in [-0.2, 0) is 6.42 Å². The van der Waals surface area contributed by atoms with Crippen molar-refractivity contribution in [2.45, 2.75) is 59.2 Å². The molecule has 37 heavy (non-hydrogen) atoms. The fraction of sp³-hybridized carbons (Fsp3) is 0.290. The predicted molar refractivity (Wildman–Crippen MR) is 155 cm³/mol. The van der Waals surface area contributed by atoms with Gasteiger partial charge >= 0.3 is 0 Å². The molecule has 190 valence electrons. The fourth-order valence-corrected chi connectivity index (χ4v) is 5.62. The van der Waals surface area contributed by atoms with Crippen LogP contribution in [0.2, 0.25) is 0 Å². The molecule has 0 aliphatic carbocycles. The van der Waals surface area contributed by atoms with Crippen LogP contribution in [0.15, 0.2) is 79.0 Å². The van der Waals surface area contributed by atoms with E-state index in [1.165, 1.54) is 28.2 Å². The molecule has 5 rings (SSSR count). The first-order valence-corrected chi connectivity index (χ1v) is 13.3. The molecule has 6 heteroatoms. The standard InChI is InChI=1S/C31H34N4OS/c1-6-23-10-12-24(13-11-23)34-21(4)19-27(22(34)5)30-29(28-9-7-8-18-32-28)33-31(37)35(30)25-14-16-26(17-15-25)36-20(2)3/h7-20,29-30H,6H2,1-5H3,(H,33,37). The SMILES string of the molecule is CCc1ccc(-n2c(C)cc(C3C(c4ccccn4)NC(=S)N3c3ccc(OC(C)C)cc3)c2C)cc1. The van der Waals surface area contributed by atoms with E-state index in [2.05, 4.69) is 84.1 Å². The van der Waals surface area contributed by atoms with Gasteiger partial charge in [0.05, 0.1) is 23.9 Å². The highest BCUT2D eigenvalue weighted by atomic mass is 32.1. The molecule has 2 aromatic carbocycles. The lowest BCUT2D eigenvalue weighted by atomic mass is 9.96. The summed E-state index contributed by atoms with van der Waals surface area (Å²) < 4.78 is 8.22. The van der Waals surface area contributed by atoms with E-state index >= 15 is 0 Å². The lowest BCUT2D eigenvalue weighted by Crippen LogP contribution is -2.29. The van der Waals surface area contributed by atoms with Crippen molar-refractivity contribution in [1.29, 1.82) is 0 Å². The summed E-state index contributed by atoms with van der Waals surface area (Å²) in [7, 11) is 0. The molecule has 4 aromatic rings. The Hall–Kier alpha value is -3.64. The van der Waals surface area contributed by atoms with E-state index in [0.29, 0.717) is 5.11 Å².